The zero-order valence-corrected chi connectivity index (χ0v) is 12.9. The number of fused-ring (bicyclic) bond motifs is 1. The highest BCUT2D eigenvalue weighted by atomic mass is 16.1. The van der Waals surface area contributed by atoms with Crippen molar-refractivity contribution >= 4 is 22.8 Å². The van der Waals surface area contributed by atoms with Gasteiger partial charge >= 0.3 is 0 Å². The summed E-state index contributed by atoms with van der Waals surface area (Å²) in [6.45, 7) is 1.99. The second-order valence-electron chi connectivity index (χ2n) is 5.46. The van der Waals surface area contributed by atoms with Gasteiger partial charge in [-0.1, -0.05) is 42.5 Å². The van der Waals surface area contributed by atoms with Crippen LogP contribution in [0.2, 0.25) is 0 Å². The highest BCUT2D eigenvalue weighted by molar-refractivity contribution is 5.92. The Morgan fingerprint density at radius 1 is 1.09 bits per heavy atom. The fraction of sp³-hybridized carbons (Fsp3) is 0.100. The van der Waals surface area contributed by atoms with Gasteiger partial charge in [0.05, 0.1) is 6.04 Å². The van der Waals surface area contributed by atoms with Crippen LogP contribution in [0.15, 0.2) is 73.1 Å². The summed E-state index contributed by atoms with van der Waals surface area (Å²) in [7, 11) is 0. The van der Waals surface area contributed by atoms with Gasteiger partial charge < -0.3 is 5.32 Å². The van der Waals surface area contributed by atoms with Crippen molar-refractivity contribution in [2.24, 2.45) is 0 Å². The Morgan fingerprint density at radius 3 is 2.70 bits per heavy atom. The number of rotatable bonds is 4. The lowest BCUT2D eigenvalue weighted by atomic mass is 10.0. The molecule has 0 aliphatic rings. The molecule has 0 spiro atoms. The minimum absolute atomic E-state index is 0.0503. The zero-order valence-electron chi connectivity index (χ0n) is 12.9. The number of carbonyl (C=O) groups is 1. The van der Waals surface area contributed by atoms with Crippen LogP contribution in [0.5, 0.6) is 0 Å². The second-order valence-corrected chi connectivity index (χ2v) is 5.46. The molecule has 3 aromatic rings. The van der Waals surface area contributed by atoms with Crippen LogP contribution in [0, 0.1) is 0 Å². The van der Waals surface area contributed by atoms with Gasteiger partial charge in [-0.3, -0.25) is 9.78 Å². The third-order valence-corrected chi connectivity index (χ3v) is 3.74. The van der Waals surface area contributed by atoms with Crippen molar-refractivity contribution in [3.63, 3.8) is 0 Å². The van der Waals surface area contributed by atoms with E-state index < -0.39 is 0 Å². The summed E-state index contributed by atoms with van der Waals surface area (Å²) in [5.74, 6) is -0.116. The van der Waals surface area contributed by atoms with Gasteiger partial charge in [-0.2, -0.15) is 0 Å². The van der Waals surface area contributed by atoms with Crippen LogP contribution in [0.4, 0.5) is 0 Å². The van der Waals surface area contributed by atoms with Crippen LogP contribution in [0.25, 0.3) is 16.8 Å². The molecule has 0 aliphatic heterocycles. The Morgan fingerprint density at radius 2 is 1.91 bits per heavy atom. The monoisotopic (exact) mass is 302 g/mol. The first kappa shape index (κ1) is 15.0. The minimum Gasteiger partial charge on any atom is -0.346 e. The molecule has 0 saturated carbocycles. The lowest BCUT2D eigenvalue weighted by molar-refractivity contribution is -0.117. The van der Waals surface area contributed by atoms with Gasteiger partial charge in [0, 0.05) is 18.5 Å². The predicted molar refractivity (Wildman–Crippen MR) is 93.8 cm³/mol. The maximum Gasteiger partial charge on any atom is 0.244 e. The van der Waals surface area contributed by atoms with Crippen molar-refractivity contribution in [2.45, 2.75) is 13.0 Å². The van der Waals surface area contributed by atoms with E-state index in [0.29, 0.717) is 0 Å². The fourth-order valence-corrected chi connectivity index (χ4v) is 2.47. The molecule has 0 aliphatic carbocycles. The van der Waals surface area contributed by atoms with E-state index in [1.807, 2.05) is 31.2 Å². The number of pyridine rings is 1. The number of amides is 1. The summed E-state index contributed by atoms with van der Waals surface area (Å²) in [5, 5.41) is 5.36. The standard InChI is InChI=1S/C20H18N2O/c1-15(18-10-9-17-6-2-3-7-19(17)13-18)22-20(23)11-8-16-5-4-12-21-14-16/h2-15H,1H3,(H,22,23)/b11-8+. The molecule has 2 aromatic carbocycles. The molecule has 0 fully saturated rings. The highest BCUT2D eigenvalue weighted by Crippen LogP contribution is 2.20. The molecule has 1 amide bonds. The molecule has 114 valence electrons. The van der Waals surface area contributed by atoms with E-state index in [4.69, 9.17) is 0 Å². The van der Waals surface area contributed by atoms with Crippen LogP contribution in [-0.2, 0) is 4.79 Å². The number of nitrogens with one attached hydrogen (secondary N) is 1. The highest BCUT2D eigenvalue weighted by Gasteiger charge is 2.08. The van der Waals surface area contributed by atoms with E-state index in [2.05, 4.69) is 40.6 Å². The first-order chi connectivity index (χ1) is 11.2. The topological polar surface area (TPSA) is 42.0 Å². The van der Waals surface area contributed by atoms with E-state index in [9.17, 15) is 4.79 Å². The number of aromatic nitrogens is 1. The third kappa shape index (κ3) is 3.83. The van der Waals surface area contributed by atoms with E-state index in [1.54, 1.807) is 18.5 Å². The van der Waals surface area contributed by atoms with Gasteiger partial charge in [-0.05, 0) is 47.0 Å². The van der Waals surface area contributed by atoms with Gasteiger partial charge in [0.15, 0.2) is 0 Å². The second kappa shape index (κ2) is 6.88. The van der Waals surface area contributed by atoms with E-state index >= 15 is 0 Å². The molecule has 1 heterocycles. The third-order valence-electron chi connectivity index (χ3n) is 3.74. The first-order valence-corrected chi connectivity index (χ1v) is 7.60. The smallest absolute Gasteiger partial charge is 0.244 e. The molecule has 3 rings (SSSR count). The van der Waals surface area contributed by atoms with Crippen molar-refractivity contribution in [2.75, 3.05) is 0 Å². The largest absolute Gasteiger partial charge is 0.346 e. The summed E-state index contributed by atoms with van der Waals surface area (Å²) in [5.41, 5.74) is 1.99. The Balaban J connectivity index is 1.68. The molecule has 23 heavy (non-hydrogen) atoms. The quantitative estimate of drug-likeness (QED) is 0.736. The number of hydrogen-bond acceptors (Lipinski definition) is 2. The lowest BCUT2D eigenvalue weighted by Crippen LogP contribution is -2.24. The van der Waals surface area contributed by atoms with Crippen LogP contribution < -0.4 is 5.32 Å². The van der Waals surface area contributed by atoms with E-state index in [1.165, 1.54) is 16.8 Å². The molecule has 0 bridgehead atoms. The predicted octanol–water partition coefficient (Wildman–Crippen LogP) is 4.13. The molecule has 0 radical (unpaired) electrons. The maximum atomic E-state index is 12.0. The number of hydrogen-bond donors (Lipinski definition) is 1. The Hall–Kier alpha value is -2.94. The average molecular weight is 302 g/mol. The van der Waals surface area contributed by atoms with Crippen molar-refractivity contribution < 1.29 is 4.79 Å². The molecule has 1 aromatic heterocycles. The van der Waals surface area contributed by atoms with Gasteiger partial charge in [0.25, 0.3) is 0 Å². The van der Waals surface area contributed by atoms with Gasteiger partial charge in [0.1, 0.15) is 0 Å². The summed E-state index contributed by atoms with van der Waals surface area (Å²) >= 11 is 0. The molecule has 1 N–H and O–H groups in total. The van der Waals surface area contributed by atoms with Crippen molar-refractivity contribution in [3.05, 3.63) is 84.2 Å². The zero-order chi connectivity index (χ0) is 16.1. The van der Waals surface area contributed by atoms with Gasteiger partial charge in [-0.25, -0.2) is 0 Å². The van der Waals surface area contributed by atoms with Gasteiger partial charge in [0.2, 0.25) is 5.91 Å². The molecule has 3 nitrogen and oxygen atoms in total. The van der Waals surface area contributed by atoms with Crippen LogP contribution in [0.1, 0.15) is 24.1 Å². The number of carbonyl (C=O) groups excluding carboxylic acids is 1. The Bertz CT molecular complexity index is 840. The molecule has 3 heteroatoms. The molecular formula is C20H18N2O. The maximum absolute atomic E-state index is 12.0. The summed E-state index contributed by atoms with van der Waals surface area (Å²) in [4.78, 5) is 16.1. The van der Waals surface area contributed by atoms with Gasteiger partial charge in [-0.15, -0.1) is 0 Å². The van der Waals surface area contributed by atoms with Crippen molar-refractivity contribution in [1.82, 2.24) is 10.3 Å². The van der Waals surface area contributed by atoms with Crippen LogP contribution in [-0.4, -0.2) is 10.9 Å². The lowest BCUT2D eigenvalue weighted by Gasteiger charge is -2.13. The molecule has 1 unspecified atom stereocenters. The van der Waals surface area contributed by atoms with Crippen LogP contribution in [0.3, 0.4) is 0 Å². The first-order valence-electron chi connectivity index (χ1n) is 7.60. The number of benzene rings is 2. The van der Waals surface area contributed by atoms with Crippen molar-refractivity contribution in [1.29, 1.82) is 0 Å². The normalized spacial score (nSPS) is 12.4. The summed E-state index contributed by atoms with van der Waals surface area (Å²) in [6, 6.07) is 18.2. The van der Waals surface area contributed by atoms with E-state index in [-0.39, 0.29) is 11.9 Å². The molecule has 0 saturated heterocycles. The average Bonchev–Trinajstić information content (AvgIpc) is 2.60. The van der Waals surface area contributed by atoms with Crippen LogP contribution >= 0.6 is 0 Å². The summed E-state index contributed by atoms with van der Waals surface area (Å²) < 4.78 is 0. The fourth-order valence-electron chi connectivity index (χ4n) is 2.47. The molecule has 1 atom stereocenters. The van der Waals surface area contributed by atoms with Crippen molar-refractivity contribution in [3.8, 4) is 0 Å². The Kier molecular flexibility index (Phi) is 4.48. The SMILES string of the molecule is CC(NC(=O)/C=C/c1cccnc1)c1ccc2ccccc2c1. The number of nitrogens with zero attached hydrogens (tertiary/aromatic N) is 1. The minimum atomic E-state index is -0.116. The summed E-state index contributed by atoms with van der Waals surface area (Å²) in [6.07, 6.45) is 6.72. The Labute approximate surface area is 135 Å². The van der Waals surface area contributed by atoms with E-state index in [0.717, 1.165) is 11.1 Å². The molecular weight excluding hydrogens is 284 g/mol.